The Bertz CT molecular complexity index is 820. The summed E-state index contributed by atoms with van der Waals surface area (Å²) in [6.07, 6.45) is 0. The fourth-order valence-corrected chi connectivity index (χ4v) is 3.19. The number of piperazine rings is 1. The lowest BCUT2D eigenvalue weighted by atomic mass is 10.1. The molecule has 1 N–H and O–H groups in total. The molecule has 3 rings (SSSR count). The van der Waals surface area contributed by atoms with Crippen molar-refractivity contribution in [2.45, 2.75) is 0 Å². The fraction of sp³-hybridized carbons (Fsp3) is 0.222. The lowest BCUT2D eigenvalue weighted by Crippen LogP contribution is -2.50. The molecule has 2 amide bonds. The Hall–Kier alpha value is -2.41. The van der Waals surface area contributed by atoms with E-state index in [4.69, 9.17) is 0 Å². The molecule has 1 fully saturated rings. The third-order valence-corrected chi connectivity index (χ3v) is 4.84. The number of nitrogens with zero attached hydrogens (tertiary/aromatic N) is 2. The number of carbonyl (C=O) groups excluding carboxylic acids is 2. The van der Waals surface area contributed by atoms with Gasteiger partial charge >= 0.3 is 0 Å². The van der Waals surface area contributed by atoms with E-state index < -0.39 is 5.82 Å². The summed E-state index contributed by atoms with van der Waals surface area (Å²) in [5.74, 6) is -1.08. The first-order valence-corrected chi connectivity index (χ1v) is 8.58. The zero-order valence-electron chi connectivity index (χ0n) is 13.3. The highest BCUT2D eigenvalue weighted by Gasteiger charge is 2.27. The largest absolute Gasteiger partial charge is 0.507 e. The third-order valence-electron chi connectivity index (χ3n) is 4.15. The van der Waals surface area contributed by atoms with Crippen LogP contribution in [-0.4, -0.2) is 52.9 Å². The van der Waals surface area contributed by atoms with Crippen LogP contribution in [0.25, 0.3) is 0 Å². The van der Waals surface area contributed by atoms with Crippen LogP contribution in [0.4, 0.5) is 4.39 Å². The van der Waals surface area contributed by atoms with Crippen LogP contribution in [0.3, 0.4) is 0 Å². The van der Waals surface area contributed by atoms with Gasteiger partial charge in [-0.05, 0) is 46.3 Å². The SMILES string of the molecule is O=C(c1ccccc1O)N1CCN(C(=O)c2cc(F)ccc2Br)CC1. The van der Waals surface area contributed by atoms with Gasteiger partial charge in [-0.15, -0.1) is 0 Å². The summed E-state index contributed by atoms with van der Waals surface area (Å²) in [6.45, 7) is 1.40. The monoisotopic (exact) mass is 406 g/mol. The number of amides is 2. The van der Waals surface area contributed by atoms with Gasteiger partial charge in [0.15, 0.2) is 0 Å². The van der Waals surface area contributed by atoms with Gasteiger partial charge in [-0.1, -0.05) is 12.1 Å². The molecule has 1 saturated heterocycles. The van der Waals surface area contributed by atoms with Crippen molar-refractivity contribution >= 4 is 27.7 Å². The number of para-hydroxylation sites is 1. The predicted octanol–water partition coefficient (Wildman–Crippen LogP) is 2.89. The maximum absolute atomic E-state index is 13.4. The molecule has 25 heavy (non-hydrogen) atoms. The Kier molecular flexibility index (Phi) is 5.03. The second-order valence-corrected chi connectivity index (χ2v) is 6.58. The molecule has 1 aliphatic heterocycles. The van der Waals surface area contributed by atoms with E-state index in [-0.39, 0.29) is 28.7 Å². The van der Waals surface area contributed by atoms with Crippen molar-refractivity contribution in [2.75, 3.05) is 26.2 Å². The number of hydrogen-bond acceptors (Lipinski definition) is 3. The summed E-state index contributed by atoms with van der Waals surface area (Å²) >= 11 is 3.26. The highest BCUT2D eigenvalue weighted by Crippen LogP contribution is 2.22. The van der Waals surface area contributed by atoms with Crippen molar-refractivity contribution in [3.8, 4) is 5.75 Å². The first-order valence-electron chi connectivity index (χ1n) is 7.79. The molecule has 5 nitrogen and oxygen atoms in total. The molecule has 0 bridgehead atoms. The van der Waals surface area contributed by atoms with Gasteiger partial charge < -0.3 is 14.9 Å². The van der Waals surface area contributed by atoms with Gasteiger partial charge in [-0.3, -0.25) is 9.59 Å². The van der Waals surface area contributed by atoms with Crippen molar-refractivity contribution in [3.05, 3.63) is 63.9 Å². The Labute approximate surface area is 152 Å². The summed E-state index contributed by atoms with van der Waals surface area (Å²) < 4.78 is 13.9. The molecule has 7 heteroatoms. The Morgan fingerprint density at radius 2 is 1.48 bits per heavy atom. The number of phenols is 1. The first-order chi connectivity index (χ1) is 12.0. The molecule has 0 atom stereocenters. The lowest BCUT2D eigenvalue weighted by Gasteiger charge is -2.35. The van der Waals surface area contributed by atoms with E-state index in [0.29, 0.717) is 30.7 Å². The molecule has 0 aliphatic carbocycles. The Morgan fingerprint density at radius 3 is 2.08 bits per heavy atom. The molecule has 0 saturated carbocycles. The van der Waals surface area contributed by atoms with E-state index in [1.165, 1.54) is 24.3 Å². The summed E-state index contributed by atoms with van der Waals surface area (Å²) in [5, 5.41) is 9.80. The number of carbonyl (C=O) groups is 2. The Morgan fingerprint density at radius 1 is 0.920 bits per heavy atom. The quantitative estimate of drug-likeness (QED) is 0.833. The maximum atomic E-state index is 13.4. The van der Waals surface area contributed by atoms with Gasteiger partial charge in [0.05, 0.1) is 11.1 Å². The number of hydrogen-bond donors (Lipinski definition) is 1. The standard InChI is InChI=1S/C18H16BrFN2O3/c19-15-6-5-12(20)11-14(15)18(25)22-9-7-21(8-10-22)17(24)13-3-1-2-4-16(13)23/h1-6,11,23H,7-10H2. The normalized spacial score (nSPS) is 14.5. The minimum Gasteiger partial charge on any atom is -0.507 e. The summed E-state index contributed by atoms with van der Waals surface area (Å²) in [6, 6.07) is 10.4. The second kappa shape index (κ2) is 7.23. The van der Waals surface area contributed by atoms with Gasteiger partial charge in [0.25, 0.3) is 11.8 Å². The van der Waals surface area contributed by atoms with Gasteiger partial charge in [-0.2, -0.15) is 0 Å². The molecule has 2 aromatic carbocycles. The zero-order valence-corrected chi connectivity index (χ0v) is 14.9. The van der Waals surface area contributed by atoms with Crippen molar-refractivity contribution in [1.29, 1.82) is 0 Å². The number of aromatic hydroxyl groups is 1. The maximum Gasteiger partial charge on any atom is 0.257 e. The van der Waals surface area contributed by atoms with E-state index in [9.17, 15) is 19.1 Å². The summed E-state index contributed by atoms with van der Waals surface area (Å²) in [7, 11) is 0. The van der Waals surface area contributed by atoms with E-state index in [0.717, 1.165) is 0 Å². The van der Waals surface area contributed by atoms with Gasteiger partial charge in [-0.25, -0.2) is 4.39 Å². The summed E-state index contributed by atoms with van der Waals surface area (Å²) in [5.41, 5.74) is 0.510. The van der Waals surface area contributed by atoms with Crippen LogP contribution in [-0.2, 0) is 0 Å². The van der Waals surface area contributed by atoms with E-state index >= 15 is 0 Å². The molecule has 1 heterocycles. The van der Waals surface area contributed by atoms with E-state index in [1.807, 2.05) is 0 Å². The highest BCUT2D eigenvalue weighted by atomic mass is 79.9. The van der Waals surface area contributed by atoms with Crippen molar-refractivity contribution in [2.24, 2.45) is 0 Å². The molecular weight excluding hydrogens is 391 g/mol. The molecule has 0 radical (unpaired) electrons. The first kappa shape index (κ1) is 17.4. The van der Waals surface area contributed by atoms with Crippen LogP contribution in [0.15, 0.2) is 46.9 Å². The van der Waals surface area contributed by atoms with Crippen molar-refractivity contribution in [3.63, 3.8) is 0 Å². The van der Waals surface area contributed by atoms with Gasteiger partial charge in [0, 0.05) is 30.7 Å². The minimum atomic E-state index is -0.472. The van der Waals surface area contributed by atoms with Crippen LogP contribution >= 0.6 is 15.9 Å². The lowest BCUT2D eigenvalue weighted by molar-refractivity contribution is 0.0533. The minimum absolute atomic E-state index is 0.0605. The van der Waals surface area contributed by atoms with Gasteiger partial charge in [0.1, 0.15) is 11.6 Å². The zero-order chi connectivity index (χ0) is 18.0. The van der Waals surface area contributed by atoms with E-state index in [2.05, 4.69) is 15.9 Å². The van der Waals surface area contributed by atoms with E-state index in [1.54, 1.807) is 28.0 Å². The second-order valence-electron chi connectivity index (χ2n) is 5.73. The topological polar surface area (TPSA) is 60.9 Å². The molecule has 1 aliphatic rings. The smallest absolute Gasteiger partial charge is 0.257 e. The molecule has 0 unspecified atom stereocenters. The summed E-state index contributed by atoms with van der Waals surface area (Å²) in [4.78, 5) is 28.2. The van der Waals surface area contributed by atoms with Gasteiger partial charge in [0.2, 0.25) is 0 Å². The molecular formula is C18H16BrFN2O3. The number of phenolic OH excluding ortho intramolecular Hbond substituents is 1. The molecule has 2 aromatic rings. The number of halogens is 2. The predicted molar refractivity (Wildman–Crippen MR) is 94.0 cm³/mol. The van der Waals surface area contributed by atoms with Crippen LogP contribution in [0.1, 0.15) is 20.7 Å². The molecule has 0 spiro atoms. The van der Waals surface area contributed by atoms with Crippen molar-refractivity contribution in [1.82, 2.24) is 9.80 Å². The average molecular weight is 407 g/mol. The molecule has 130 valence electrons. The van der Waals surface area contributed by atoms with Crippen LogP contribution in [0.2, 0.25) is 0 Å². The number of rotatable bonds is 2. The Balaban J connectivity index is 1.68. The van der Waals surface area contributed by atoms with Crippen LogP contribution in [0.5, 0.6) is 5.75 Å². The highest BCUT2D eigenvalue weighted by molar-refractivity contribution is 9.10. The number of benzene rings is 2. The fourth-order valence-electron chi connectivity index (χ4n) is 2.77. The average Bonchev–Trinajstić information content (AvgIpc) is 2.63. The third kappa shape index (κ3) is 3.66. The van der Waals surface area contributed by atoms with Crippen LogP contribution in [0, 0.1) is 5.82 Å². The van der Waals surface area contributed by atoms with Crippen LogP contribution < -0.4 is 0 Å². The van der Waals surface area contributed by atoms with Crippen molar-refractivity contribution < 1.29 is 19.1 Å². The molecule has 0 aromatic heterocycles.